The average Bonchev–Trinajstić information content (AvgIpc) is 2.33. The molecule has 0 aliphatic carbocycles. The minimum atomic E-state index is -4.84. The van der Waals surface area contributed by atoms with E-state index in [-0.39, 0.29) is 6.42 Å². The van der Waals surface area contributed by atoms with Gasteiger partial charge < -0.3 is 26.6 Å². The van der Waals surface area contributed by atoms with Crippen LogP contribution < -0.4 is 16.8 Å². The van der Waals surface area contributed by atoms with Crippen molar-refractivity contribution < 1.29 is 23.9 Å². The topological polar surface area (TPSA) is 156 Å². The molecule has 0 heterocycles. The second-order valence-electron chi connectivity index (χ2n) is 4.69. The molecule has 0 rings (SSSR count). The molecule has 0 aliphatic rings. The van der Waals surface area contributed by atoms with Gasteiger partial charge in [-0.2, -0.15) is 0 Å². The molecule has 0 spiro atoms. The lowest BCUT2D eigenvalue weighted by Gasteiger charge is -2.23. The van der Waals surface area contributed by atoms with Gasteiger partial charge in [-0.25, -0.2) is 0 Å². The van der Waals surface area contributed by atoms with Gasteiger partial charge in [-0.05, 0) is 12.8 Å². The van der Waals surface area contributed by atoms with Crippen molar-refractivity contribution in [2.24, 2.45) is 11.5 Å². The van der Waals surface area contributed by atoms with Crippen LogP contribution in [0.2, 0.25) is 0 Å². The predicted molar refractivity (Wildman–Crippen MR) is 74.7 cm³/mol. The second kappa shape index (κ2) is 8.49. The quantitative estimate of drug-likeness (QED) is 0.357. The van der Waals surface area contributed by atoms with Crippen molar-refractivity contribution >= 4 is 19.3 Å². The molecule has 1 amide bonds. The lowest BCUT2D eigenvalue weighted by Crippen LogP contribution is -2.52. The summed E-state index contributed by atoms with van der Waals surface area (Å²) in [4.78, 5) is 42.0. The van der Waals surface area contributed by atoms with E-state index in [0.717, 1.165) is 0 Å². The minimum absolute atomic E-state index is 0.284. The Labute approximate surface area is 118 Å². The number of carbonyl (C=O) groups is 2. The van der Waals surface area contributed by atoms with E-state index in [9.17, 15) is 23.9 Å². The SMILES string of the molecule is CCC[C@H](N)C(=O)NC(C(=O)[C@@H](N)CCC)P(=O)(O)O. The first-order valence-electron chi connectivity index (χ1n) is 6.55. The molecular formula is C11H24N3O5P. The largest absolute Gasteiger partial charge is 0.355 e. The number of Topliss-reactive ketones (excluding diaryl/α,β-unsaturated/α-hetero) is 1. The van der Waals surface area contributed by atoms with Crippen LogP contribution >= 0.6 is 7.60 Å². The summed E-state index contributed by atoms with van der Waals surface area (Å²) in [5.74, 6) is -3.58. The van der Waals surface area contributed by atoms with Crippen LogP contribution in [0.5, 0.6) is 0 Å². The fourth-order valence-electron chi connectivity index (χ4n) is 1.66. The number of hydrogen-bond donors (Lipinski definition) is 5. The summed E-state index contributed by atoms with van der Waals surface area (Å²) in [5.41, 5.74) is 11.1. The highest BCUT2D eigenvalue weighted by Gasteiger charge is 2.39. The molecule has 0 aliphatic heterocycles. The van der Waals surface area contributed by atoms with E-state index in [2.05, 4.69) is 0 Å². The van der Waals surface area contributed by atoms with Gasteiger partial charge in [-0.1, -0.05) is 26.7 Å². The summed E-state index contributed by atoms with van der Waals surface area (Å²) in [6.45, 7) is 3.60. The third kappa shape index (κ3) is 6.11. The fraction of sp³-hybridized carbons (Fsp3) is 0.818. The van der Waals surface area contributed by atoms with Crippen molar-refractivity contribution in [2.45, 2.75) is 57.4 Å². The summed E-state index contributed by atoms with van der Waals surface area (Å²) in [5, 5.41) is 2.02. The molecule has 0 bridgehead atoms. The first kappa shape index (κ1) is 19.2. The molecular weight excluding hydrogens is 285 g/mol. The van der Waals surface area contributed by atoms with E-state index in [1.807, 2.05) is 12.2 Å². The first-order valence-corrected chi connectivity index (χ1v) is 8.23. The van der Waals surface area contributed by atoms with Crippen molar-refractivity contribution in [2.75, 3.05) is 0 Å². The summed E-state index contributed by atoms with van der Waals surface area (Å²) in [7, 11) is -4.84. The van der Waals surface area contributed by atoms with Gasteiger partial charge in [0.1, 0.15) is 0 Å². The fourth-order valence-corrected chi connectivity index (χ4v) is 2.48. The Hall–Kier alpha value is -0.790. The Kier molecular flexibility index (Phi) is 8.15. The van der Waals surface area contributed by atoms with Gasteiger partial charge in [0.05, 0.1) is 12.1 Å². The van der Waals surface area contributed by atoms with Gasteiger partial charge in [0.15, 0.2) is 11.6 Å². The standard InChI is InChI=1S/C11H24N3O5P/c1-3-5-7(12)9(15)11(20(17,18)19)14-10(16)8(13)6-4-2/h7-8,11H,3-6,12-13H2,1-2H3,(H,14,16)(H2,17,18,19)/t7-,8-,11?/m0/s1. The van der Waals surface area contributed by atoms with Crippen LogP contribution in [-0.4, -0.2) is 39.3 Å². The van der Waals surface area contributed by atoms with E-state index >= 15 is 0 Å². The molecule has 1 unspecified atom stereocenters. The van der Waals surface area contributed by atoms with Gasteiger partial charge in [-0.3, -0.25) is 14.2 Å². The molecule has 8 nitrogen and oxygen atoms in total. The zero-order valence-corrected chi connectivity index (χ0v) is 12.7. The molecule has 118 valence electrons. The average molecular weight is 309 g/mol. The number of nitrogens with one attached hydrogen (secondary N) is 1. The van der Waals surface area contributed by atoms with Crippen LogP contribution in [-0.2, 0) is 14.2 Å². The maximum absolute atomic E-state index is 11.9. The monoisotopic (exact) mass is 309 g/mol. The van der Waals surface area contributed by atoms with Crippen LogP contribution in [0.1, 0.15) is 39.5 Å². The highest BCUT2D eigenvalue weighted by molar-refractivity contribution is 7.53. The van der Waals surface area contributed by atoms with Gasteiger partial charge in [0.2, 0.25) is 5.91 Å². The van der Waals surface area contributed by atoms with Crippen LogP contribution in [0, 0.1) is 0 Å². The Morgan fingerprint density at radius 1 is 1.10 bits per heavy atom. The smallest absolute Gasteiger partial charge is 0.335 e. The van der Waals surface area contributed by atoms with Crippen LogP contribution in [0.4, 0.5) is 0 Å². The number of nitrogens with two attached hydrogens (primary N) is 2. The molecule has 3 atom stereocenters. The van der Waals surface area contributed by atoms with Crippen molar-refractivity contribution in [1.82, 2.24) is 5.32 Å². The highest BCUT2D eigenvalue weighted by Crippen LogP contribution is 2.40. The molecule has 0 saturated heterocycles. The number of rotatable bonds is 9. The van der Waals surface area contributed by atoms with Gasteiger partial charge in [-0.15, -0.1) is 0 Å². The lowest BCUT2D eigenvalue weighted by atomic mass is 10.1. The number of carbonyl (C=O) groups excluding carboxylic acids is 2. The summed E-state index contributed by atoms with van der Waals surface area (Å²) in [6, 6.07) is -1.94. The predicted octanol–water partition coefficient (Wildman–Crippen LogP) is -0.570. The van der Waals surface area contributed by atoms with Crippen molar-refractivity contribution in [1.29, 1.82) is 0 Å². The van der Waals surface area contributed by atoms with Crippen molar-refractivity contribution in [3.63, 3.8) is 0 Å². The molecule has 9 heteroatoms. The molecule has 0 aromatic heterocycles. The third-order valence-electron chi connectivity index (χ3n) is 2.79. The van der Waals surface area contributed by atoms with E-state index < -0.39 is 37.2 Å². The second-order valence-corrected chi connectivity index (χ2v) is 6.39. The lowest BCUT2D eigenvalue weighted by molar-refractivity contribution is -0.127. The van der Waals surface area contributed by atoms with Crippen LogP contribution in [0.3, 0.4) is 0 Å². The Morgan fingerprint density at radius 3 is 1.95 bits per heavy atom. The minimum Gasteiger partial charge on any atom is -0.335 e. The first-order chi connectivity index (χ1) is 9.15. The van der Waals surface area contributed by atoms with Crippen LogP contribution in [0.25, 0.3) is 0 Å². The van der Waals surface area contributed by atoms with E-state index in [4.69, 9.17) is 11.5 Å². The molecule has 20 heavy (non-hydrogen) atoms. The normalized spacial score (nSPS) is 16.3. The highest BCUT2D eigenvalue weighted by atomic mass is 31.2. The van der Waals surface area contributed by atoms with Gasteiger partial charge in [0.25, 0.3) is 0 Å². The van der Waals surface area contributed by atoms with E-state index in [0.29, 0.717) is 19.3 Å². The van der Waals surface area contributed by atoms with Crippen molar-refractivity contribution in [3.05, 3.63) is 0 Å². The maximum atomic E-state index is 11.9. The Bertz CT molecular complexity index is 384. The van der Waals surface area contributed by atoms with E-state index in [1.54, 1.807) is 6.92 Å². The third-order valence-corrected chi connectivity index (χ3v) is 3.84. The molecule has 0 saturated carbocycles. The van der Waals surface area contributed by atoms with Gasteiger partial charge in [0, 0.05) is 0 Å². The zero-order valence-electron chi connectivity index (χ0n) is 11.8. The van der Waals surface area contributed by atoms with Crippen molar-refractivity contribution in [3.8, 4) is 0 Å². The molecule has 7 N–H and O–H groups in total. The molecule has 0 aromatic rings. The Morgan fingerprint density at radius 2 is 1.55 bits per heavy atom. The zero-order chi connectivity index (χ0) is 15.9. The molecule has 0 fully saturated rings. The number of ketones is 1. The molecule has 0 radical (unpaired) electrons. The number of hydrogen-bond acceptors (Lipinski definition) is 5. The number of amides is 1. The van der Waals surface area contributed by atoms with Crippen LogP contribution in [0.15, 0.2) is 0 Å². The van der Waals surface area contributed by atoms with E-state index in [1.165, 1.54) is 0 Å². The van der Waals surface area contributed by atoms with Gasteiger partial charge >= 0.3 is 7.60 Å². The summed E-state index contributed by atoms with van der Waals surface area (Å²) < 4.78 is 11.4. The molecule has 0 aromatic carbocycles. The summed E-state index contributed by atoms with van der Waals surface area (Å²) >= 11 is 0. The summed E-state index contributed by atoms with van der Waals surface area (Å²) in [6.07, 6.45) is 1.86. The maximum Gasteiger partial charge on any atom is 0.355 e. The Balaban J connectivity index is 4.97.